The molecule has 1 heterocycles. The summed E-state index contributed by atoms with van der Waals surface area (Å²) in [6, 6.07) is 14.4. The summed E-state index contributed by atoms with van der Waals surface area (Å²) in [6.45, 7) is 6.84. The summed E-state index contributed by atoms with van der Waals surface area (Å²) in [5, 5.41) is 5.45. The number of halogens is 1. The van der Waals surface area contributed by atoms with Gasteiger partial charge in [-0.15, -0.1) is 6.58 Å². The number of hydrogen-bond donors (Lipinski definition) is 0. The molecule has 0 radical (unpaired) electrons. The molecule has 0 aliphatic heterocycles. The van der Waals surface area contributed by atoms with Crippen molar-refractivity contribution in [3.63, 3.8) is 0 Å². The van der Waals surface area contributed by atoms with Crippen LogP contribution in [0.4, 0.5) is 0 Å². The minimum atomic E-state index is -0.414. The van der Waals surface area contributed by atoms with Crippen molar-refractivity contribution in [2.75, 3.05) is 6.54 Å². The lowest BCUT2D eigenvalue weighted by molar-refractivity contribution is 0.0753. The van der Waals surface area contributed by atoms with Crippen molar-refractivity contribution in [1.29, 1.82) is 0 Å². The van der Waals surface area contributed by atoms with Gasteiger partial charge < -0.3 is 4.90 Å². The molecule has 0 unspecified atom stereocenters. The second-order valence-electron chi connectivity index (χ2n) is 6.11. The second-order valence-corrected chi connectivity index (χ2v) is 6.55. The van der Waals surface area contributed by atoms with Gasteiger partial charge in [0.1, 0.15) is 0 Å². The minimum absolute atomic E-state index is 0.0774. The lowest BCUT2D eigenvalue weighted by Gasteiger charge is -2.21. The van der Waals surface area contributed by atoms with Gasteiger partial charge in [-0.3, -0.25) is 14.3 Å². The second kappa shape index (κ2) is 8.18. The van der Waals surface area contributed by atoms with Crippen LogP contribution in [0.25, 0.3) is 10.9 Å². The number of carbonyl (C=O) groups excluding carboxylic acids is 1. The number of nitrogens with zero attached hydrogens (tertiary/aromatic N) is 3. The van der Waals surface area contributed by atoms with Crippen molar-refractivity contribution in [2.24, 2.45) is 0 Å². The number of hydrogen-bond acceptors (Lipinski definition) is 3. The number of para-hydroxylation sites is 1. The molecule has 138 valence electrons. The van der Waals surface area contributed by atoms with Gasteiger partial charge in [0.25, 0.3) is 5.91 Å². The van der Waals surface area contributed by atoms with Crippen LogP contribution in [0.15, 0.2) is 66.0 Å². The first-order chi connectivity index (χ1) is 13.0. The van der Waals surface area contributed by atoms with E-state index in [4.69, 9.17) is 11.6 Å². The topological polar surface area (TPSA) is 55.2 Å². The lowest BCUT2D eigenvalue weighted by Crippen LogP contribution is -2.36. The Morgan fingerprint density at radius 2 is 1.93 bits per heavy atom. The van der Waals surface area contributed by atoms with Crippen LogP contribution in [-0.4, -0.2) is 27.1 Å². The Bertz CT molecular complexity index is 1040. The zero-order valence-corrected chi connectivity index (χ0v) is 15.8. The number of benzene rings is 2. The molecule has 2 aromatic carbocycles. The van der Waals surface area contributed by atoms with E-state index < -0.39 is 5.91 Å². The van der Waals surface area contributed by atoms with Crippen LogP contribution in [0.5, 0.6) is 0 Å². The molecule has 5 nitrogen and oxygen atoms in total. The quantitative estimate of drug-likeness (QED) is 0.608. The van der Waals surface area contributed by atoms with Crippen molar-refractivity contribution < 1.29 is 4.79 Å². The minimum Gasteiger partial charge on any atom is -0.329 e. The van der Waals surface area contributed by atoms with Crippen LogP contribution in [0.1, 0.15) is 23.0 Å². The number of carbonyl (C=O) groups is 1. The van der Waals surface area contributed by atoms with Gasteiger partial charge in [0, 0.05) is 30.0 Å². The Labute approximate surface area is 162 Å². The molecule has 0 fully saturated rings. The molecule has 0 spiro atoms. The molecule has 1 aromatic heterocycles. The van der Waals surface area contributed by atoms with Crippen molar-refractivity contribution in [2.45, 2.75) is 20.0 Å². The third-order valence-electron chi connectivity index (χ3n) is 4.29. The Morgan fingerprint density at radius 1 is 1.22 bits per heavy atom. The third-order valence-corrected chi connectivity index (χ3v) is 4.54. The van der Waals surface area contributed by atoms with Gasteiger partial charge in [0.15, 0.2) is 5.69 Å². The van der Waals surface area contributed by atoms with E-state index in [9.17, 15) is 9.59 Å². The van der Waals surface area contributed by atoms with E-state index in [-0.39, 0.29) is 11.1 Å². The Kier molecular flexibility index (Phi) is 5.72. The van der Waals surface area contributed by atoms with Crippen molar-refractivity contribution in [3.05, 3.63) is 87.7 Å². The largest absolute Gasteiger partial charge is 0.329 e. The highest BCUT2D eigenvalue weighted by atomic mass is 35.5. The first-order valence-corrected chi connectivity index (χ1v) is 9.07. The highest BCUT2D eigenvalue weighted by Gasteiger charge is 2.22. The molecule has 6 heteroatoms. The van der Waals surface area contributed by atoms with Crippen LogP contribution in [0.2, 0.25) is 5.02 Å². The van der Waals surface area contributed by atoms with Gasteiger partial charge in [-0.25, -0.2) is 0 Å². The smallest absolute Gasteiger partial charge is 0.278 e. The standard InChI is InChI=1S/C21H20ClN3O2/c1-3-13-24(14-15-9-11-16(22)12-10-15)21(27)19-20(26)17-7-5-6-8-18(17)25(4-2)23-19/h3,5-12H,1,4,13-14H2,2H3. The monoisotopic (exact) mass is 381 g/mol. The third kappa shape index (κ3) is 3.93. The molecule has 0 saturated heterocycles. The zero-order valence-electron chi connectivity index (χ0n) is 15.1. The van der Waals surface area contributed by atoms with Crippen LogP contribution in [-0.2, 0) is 13.1 Å². The van der Waals surface area contributed by atoms with Gasteiger partial charge in [-0.1, -0.05) is 41.9 Å². The fraction of sp³-hybridized carbons (Fsp3) is 0.190. The van der Waals surface area contributed by atoms with Crippen LogP contribution in [0.3, 0.4) is 0 Å². The molecular weight excluding hydrogens is 362 g/mol. The maximum absolute atomic E-state index is 13.1. The molecule has 0 aliphatic carbocycles. The van der Waals surface area contributed by atoms with E-state index >= 15 is 0 Å². The Balaban J connectivity index is 2.03. The molecule has 3 aromatic rings. The number of rotatable bonds is 6. The van der Waals surface area contributed by atoms with E-state index in [1.807, 2.05) is 31.2 Å². The van der Waals surface area contributed by atoms with Crippen LogP contribution >= 0.6 is 11.6 Å². The number of fused-ring (bicyclic) bond motifs is 1. The molecule has 1 amide bonds. The van der Waals surface area contributed by atoms with Gasteiger partial charge in [-0.05, 0) is 36.8 Å². The predicted molar refractivity (Wildman–Crippen MR) is 108 cm³/mol. The fourth-order valence-electron chi connectivity index (χ4n) is 2.95. The highest BCUT2D eigenvalue weighted by molar-refractivity contribution is 6.30. The van der Waals surface area contributed by atoms with Crippen molar-refractivity contribution >= 4 is 28.4 Å². The van der Waals surface area contributed by atoms with Gasteiger partial charge >= 0.3 is 0 Å². The fourth-order valence-corrected chi connectivity index (χ4v) is 3.08. The Hall–Kier alpha value is -2.92. The number of aryl methyl sites for hydroxylation is 1. The SMILES string of the molecule is C=CCN(Cc1ccc(Cl)cc1)C(=O)c1nn(CC)c2ccccc2c1=O. The number of aromatic nitrogens is 2. The summed E-state index contributed by atoms with van der Waals surface area (Å²) in [5.41, 5.74) is 1.19. The average Bonchev–Trinajstić information content (AvgIpc) is 2.69. The number of amides is 1. The normalized spacial score (nSPS) is 10.7. The summed E-state index contributed by atoms with van der Waals surface area (Å²) in [5.74, 6) is -0.414. The molecular formula is C21H20ClN3O2. The van der Waals surface area contributed by atoms with Gasteiger partial charge in [0.2, 0.25) is 5.43 Å². The average molecular weight is 382 g/mol. The maximum Gasteiger partial charge on any atom is 0.278 e. The summed E-state index contributed by atoms with van der Waals surface area (Å²) in [4.78, 5) is 27.5. The first kappa shape index (κ1) is 18.9. The van der Waals surface area contributed by atoms with E-state index in [2.05, 4.69) is 11.7 Å². The summed E-state index contributed by atoms with van der Waals surface area (Å²) in [7, 11) is 0. The molecule has 0 aliphatic rings. The summed E-state index contributed by atoms with van der Waals surface area (Å²) < 4.78 is 1.68. The maximum atomic E-state index is 13.1. The lowest BCUT2D eigenvalue weighted by atomic mass is 10.1. The summed E-state index contributed by atoms with van der Waals surface area (Å²) in [6.07, 6.45) is 1.63. The van der Waals surface area contributed by atoms with Crippen LogP contribution in [0, 0.1) is 0 Å². The van der Waals surface area contributed by atoms with E-state index in [0.29, 0.717) is 30.0 Å². The van der Waals surface area contributed by atoms with Gasteiger partial charge in [0.05, 0.1) is 5.52 Å². The summed E-state index contributed by atoms with van der Waals surface area (Å²) >= 11 is 5.93. The Morgan fingerprint density at radius 3 is 2.59 bits per heavy atom. The molecule has 0 N–H and O–H groups in total. The van der Waals surface area contributed by atoms with Crippen molar-refractivity contribution in [3.8, 4) is 0 Å². The molecule has 0 atom stereocenters. The van der Waals surface area contributed by atoms with Crippen molar-refractivity contribution in [1.82, 2.24) is 14.7 Å². The molecule has 27 heavy (non-hydrogen) atoms. The van der Waals surface area contributed by atoms with Gasteiger partial charge in [-0.2, -0.15) is 5.10 Å². The van der Waals surface area contributed by atoms with Crippen LogP contribution < -0.4 is 5.43 Å². The van der Waals surface area contributed by atoms with E-state index in [0.717, 1.165) is 11.1 Å². The van der Waals surface area contributed by atoms with E-state index in [1.54, 1.807) is 39.9 Å². The predicted octanol–water partition coefficient (Wildman–Crippen LogP) is 3.90. The first-order valence-electron chi connectivity index (χ1n) is 8.69. The molecule has 0 bridgehead atoms. The molecule has 0 saturated carbocycles. The zero-order chi connectivity index (χ0) is 19.4. The van der Waals surface area contributed by atoms with E-state index in [1.165, 1.54) is 0 Å². The highest BCUT2D eigenvalue weighted by Crippen LogP contribution is 2.14. The molecule has 3 rings (SSSR count).